The van der Waals surface area contributed by atoms with Crippen molar-refractivity contribution in [3.05, 3.63) is 94.0 Å². The molecule has 0 aromatic heterocycles. The lowest BCUT2D eigenvalue weighted by Gasteiger charge is -2.44. The molecule has 0 radical (unpaired) electrons. The van der Waals surface area contributed by atoms with Gasteiger partial charge in [-0.2, -0.15) is 10.5 Å². The van der Waals surface area contributed by atoms with E-state index in [1.54, 1.807) is 37.3 Å². The Labute approximate surface area is 222 Å². The summed E-state index contributed by atoms with van der Waals surface area (Å²) < 4.78 is 5.61. The van der Waals surface area contributed by atoms with E-state index < -0.39 is 12.2 Å². The third-order valence-electron chi connectivity index (χ3n) is 6.46. The number of halogens is 1. The first kappa shape index (κ1) is 26.5. The van der Waals surface area contributed by atoms with Crippen LogP contribution in [0, 0.1) is 22.7 Å². The van der Waals surface area contributed by atoms with Crippen molar-refractivity contribution in [3.8, 4) is 17.9 Å². The number of hydrogen-bond donors (Lipinski definition) is 2. The zero-order chi connectivity index (χ0) is 26.4. The van der Waals surface area contributed by atoms with Crippen molar-refractivity contribution in [3.63, 3.8) is 0 Å². The molecular formula is C29H29ClN4O3. The maximum Gasteiger partial charge on any atom is 0.120 e. The summed E-state index contributed by atoms with van der Waals surface area (Å²) in [6.45, 7) is 4.23. The zero-order valence-corrected chi connectivity index (χ0v) is 21.3. The summed E-state index contributed by atoms with van der Waals surface area (Å²) in [6.07, 6.45) is -1.29. The molecule has 0 amide bonds. The Hall–Kier alpha value is -3.59. The minimum atomic E-state index is -0.690. The Kier molecular flexibility index (Phi) is 8.66. The standard InChI is InChI=1S/C29H29ClN4O3/c1-20(35)19-37-26-10-11-27(24(14-26)16-32)34-13-12-33(17-28(34)22-6-8-25(30)9-7-22)18-29(36)23-4-2-21(15-31)3-5-23/h2-11,14,20,28-29,35-36H,12-13,17-19H2,1H3/t20-,28-,29+/m0/s1. The number of piperazine rings is 1. The highest BCUT2D eigenvalue weighted by molar-refractivity contribution is 6.30. The fourth-order valence-corrected chi connectivity index (χ4v) is 4.68. The van der Waals surface area contributed by atoms with E-state index in [1.165, 1.54) is 0 Å². The summed E-state index contributed by atoms with van der Waals surface area (Å²) in [5.74, 6) is 0.536. The first-order valence-corrected chi connectivity index (χ1v) is 12.5. The number of ether oxygens (including phenoxy) is 1. The van der Waals surface area contributed by atoms with Gasteiger partial charge in [0.2, 0.25) is 0 Å². The molecule has 0 aliphatic carbocycles. The summed E-state index contributed by atoms with van der Waals surface area (Å²) in [5.41, 5.74) is 3.68. The molecule has 0 spiro atoms. The lowest BCUT2D eigenvalue weighted by Crippen LogP contribution is -2.49. The molecule has 0 bridgehead atoms. The van der Waals surface area contributed by atoms with Gasteiger partial charge in [0.05, 0.1) is 41.1 Å². The van der Waals surface area contributed by atoms with Crippen LogP contribution in [0.1, 0.15) is 41.3 Å². The first-order chi connectivity index (χ1) is 17.9. The van der Waals surface area contributed by atoms with Crippen molar-refractivity contribution in [1.82, 2.24) is 4.90 Å². The van der Waals surface area contributed by atoms with E-state index in [2.05, 4.69) is 21.9 Å². The van der Waals surface area contributed by atoms with Crippen molar-refractivity contribution < 1.29 is 14.9 Å². The van der Waals surface area contributed by atoms with Crippen molar-refractivity contribution in [1.29, 1.82) is 10.5 Å². The Morgan fingerprint density at radius 3 is 2.38 bits per heavy atom. The van der Waals surface area contributed by atoms with Gasteiger partial charge in [0, 0.05) is 31.2 Å². The molecule has 1 heterocycles. The molecular weight excluding hydrogens is 488 g/mol. The number of hydrogen-bond acceptors (Lipinski definition) is 7. The Morgan fingerprint density at radius 1 is 1.00 bits per heavy atom. The van der Waals surface area contributed by atoms with Crippen molar-refractivity contribution >= 4 is 17.3 Å². The van der Waals surface area contributed by atoms with Gasteiger partial charge in [-0.05, 0) is 60.5 Å². The molecule has 1 saturated heterocycles. The summed E-state index contributed by atoms with van der Waals surface area (Å²) >= 11 is 6.16. The van der Waals surface area contributed by atoms with Crippen molar-refractivity contribution in [2.75, 3.05) is 37.7 Å². The Balaban J connectivity index is 1.57. The molecule has 1 fully saturated rings. The predicted octanol–water partition coefficient (Wildman–Crippen LogP) is 4.44. The average Bonchev–Trinajstić information content (AvgIpc) is 2.92. The summed E-state index contributed by atoms with van der Waals surface area (Å²) in [7, 11) is 0. The summed E-state index contributed by atoms with van der Waals surface area (Å²) in [4.78, 5) is 4.43. The van der Waals surface area contributed by atoms with Crippen LogP contribution >= 0.6 is 11.6 Å². The number of anilines is 1. The van der Waals surface area contributed by atoms with Crippen LogP contribution in [0.3, 0.4) is 0 Å². The number of nitrogens with zero attached hydrogens (tertiary/aromatic N) is 4. The molecule has 190 valence electrons. The predicted molar refractivity (Wildman–Crippen MR) is 142 cm³/mol. The Bertz CT molecular complexity index is 1280. The van der Waals surface area contributed by atoms with E-state index in [0.29, 0.717) is 48.1 Å². The van der Waals surface area contributed by atoms with Gasteiger partial charge < -0.3 is 19.8 Å². The number of benzene rings is 3. The second kappa shape index (κ2) is 12.1. The van der Waals surface area contributed by atoms with Crippen LogP contribution in [-0.2, 0) is 0 Å². The number of rotatable bonds is 8. The van der Waals surface area contributed by atoms with Crippen LogP contribution in [-0.4, -0.2) is 54.0 Å². The van der Waals surface area contributed by atoms with Crippen LogP contribution < -0.4 is 9.64 Å². The molecule has 7 nitrogen and oxygen atoms in total. The summed E-state index contributed by atoms with van der Waals surface area (Å²) in [6, 6.07) is 24.4. The van der Waals surface area contributed by atoms with Gasteiger partial charge >= 0.3 is 0 Å². The maximum absolute atomic E-state index is 10.9. The van der Waals surface area contributed by atoms with Crippen LogP contribution in [0.5, 0.6) is 5.75 Å². The van der Waals surface area contributed by atoms with Crippen LogP contribution in [0.25, 0.3) is 0 Å². The van der Waals surface area contributed by atoms with E-state index in [0.717, 1.165) is 16.8 Å². The summed E-state index contributed by atoms with van der Waals surface area (Å²) in [5, 5.41) is 40.0. The molecule has 3 aromatic carbocycles. The highest BCUT2D eigenvalue weighted by Gasteiger charge is 2.31. The van der Waals surface area contributed by atoms with Gasteiger partial charge in [0.15, 0.2) is 0 Å². The Morgan fingerprint density at radius 2 is 1.73 bits per heavy atom. The number of β-amino-alcohol motifs (C(OH)–C–C–N with tert-alkyl or cyclic N) is 1. The minimum absolute atomic E-state index is 0.0736. The lowest BCUT2D eigenvalue weighted by molar-refractivity contribution is 0.100. The van der Waals surface area contributed by atoms with Gasteiger partial charge in [0.25, 0.3) is 0 Å². The van der Waals surface area contributed by atoms with Crippen molar-refractivity contribution in [2.45, 2.75) is 25.2 Å². The minimum Gasteiger partial charge on any atom is -0.491 e. The van der Waals surface area contributed by atoms with Crippen LogP contribution in [0.15, 0.2) is 66.7 Å². The molecule has 8 heteroatoms. The average molecular weight is 517 g/mol. The third-order valence-corrected chi connectivity index (χ3v) is 6.72. The number of nitriles is 2. The van der Waals surface area contributed by atoms with Gasteiger partial charge in [-0.3, -0.25) is 4.90 Å². The first-order valence-electron chi connectivity index (χ1n) is 12.2. The van der Waals surface area contributed by atoms with E-state index in [4.69, 9.17) is 21.6 Å². The molecule has 1 aliphatic heterocycles. The molecule has 0 unspecified atom stereocenters. The number of aliphatic hydroxyl groups excluding tert-OH is 2. The molecule has 0 saturated carbocycles. The second-order valence-corrected chi connectivity index (χ2v) is 9.66. The molecule has 2 N–H and O–H groups in total. The van der Waals surface area contributed by atoms with Gasteiger partial charge in [-0.25, -0.2) is 0 Å². The molecule has 3 atom stereocenters. The fourth-order valence-electron chi connectivity index (χ4n) is 4.56. The molecule has 4 rings (SSSR count). The monoisotopic (exact) mass is 516 g/mol. The van der Waals surface area contributed by atoms with E-state index >= 15 is 0 Å². The van der Waals surface area contributed by atoms with E-state index in [9.17, 15) is 15.5 Å². The van der Waals surface area contributed by atoms with E-state index in [1.807, 2.05) is 36.4 Å². The topological polar surface area (TPSA) is 104 Å². The second-order valence-electron chi connectivity index (χ2n) is 9.22. The zero-order valence-electron chi connectivity index (χ0n) is 20.6. The van der Waals surface area contributed by atoms with Gasteiger partial charge in [-0.1, -0.05) is 35.9 Å². The lowest BCUT2D eigenvalue weighted by atomic mass is 9.99. The SMILES string of the molecule is C[C@H](O)COc1ccc(N2CCN(C[C@@H](O)c3ccc(C#N)cc3)C[C@H]2c2ccc(Cl)cc2)c(C#N)c1. The largest absolute Gasteiger partial charge is 0.491 e. The number of aliphatic hydroxyl groups is 2. The third kappa shape index (κ3) is 6.60. The van der Waals surface area contributed by atoms with Gasteiger partial charge in [0.1, 0.15) is 18.4 Å². The normalized spacial score (nSPS) is 17.5. The highest BCUT2D eigenvalue weighted by atomic mass is 35.5. The van der Waals surface area contributed by atoms with Crippen LogP contribution in [0.2, 0.25) is 5.02 Å². The smallest absolute Gasteiger partial charge is 0.120 e. The van der Waals surface area contributed by atoms with E-state index in [-0.39, 0.29) is 12.6 Å². The highest BCUT2D eigenvalue weighted by Crippen LogP contribution is 2.35. The molecule has 3 aromatic rings. The van der Waals surface area contributed by atoms with Gasteiger partial charge in [-0.15, -0.1) is 0 Å². The van der Waals surface area contributed by atoms with Crippen LogP contribution in [0.4, 0.5) is 5.69 Å². The van der Waals surface area contributed by atoms with Crippen molar-refractivity contribution in [2.24, 2.45) is 0 Å². The fraction of sp³-hybridized carbons (Fsp3) is 0.310. The molecule has 37 heavy (non-hydrogen) atoms. The quantitative estimate of drug-likeness (QED) is 0.456. The maximum atomic E-state index is 10.9. The molecule has 1 aliphatic rings.